The molecule has 2 nitrogen and oxygen atoms in total. The average molecular weight is 540 g/mol. The summed E-state index contributed by atoms with van der Waals surface area (Å²) in [6, 6.07) is 12.3. The molecular formula is C25H32BrClO2SSi. The summed E-state index contributed by atoms with van der Waals surface area (Å²) in [5.41, 5.74) is 3.95. The van der Waals surface area contributed by atoms with Gasteiger partial charge in [-0.15, -0.1) is 11.3 Å². The fourth-order valence-electron chi connectivity index (χ4n) is 4.98. The first-order valence-electron chi connectivity index (χ1n) is 10.8. The number of hydrogen-bond acceptors (Lipinski definition) is 3. The molecule has 2 aromatic carbocycles. The first-order valence-corrected chi connectivity index (χ1v) is 14.9. The lowest BCUT2D eigenvalue weighted by Crippen LogP contribution is -2.47. The zero-order valence-corrected chi connectivity index (χ0v) is 23.5. The lowest BCUT2D eigenvalue weighted by molar-refractivity contribution is 0.268. The van der Waals surface area contributed by atoms with Crippen LogP contribution in [0.15, 0.2) is 40.9 Å². The van der Waals surface area contributed by atoms with Gasteiger partial charge in [0.05, 0.1) is 13.7 Å². The molecule has 3 rings (SSSR count). The highest BCUT2D eigenvalue weighted by atomic mass is 79.9. The molecule has 0 unspecified atom stereocenters. The lowest BCUT2D eigenvalue weighted by atomic mass is 10.1. The van der Waals surface area contributed by atoms with Crippen LogP contribution in [0, 0.1) is 0 Å². The van der Waals surface area contributed by atoms with E-state index in [0.717, 1.165) is 20.8 Å². The van der Waals surface area contributed by atoms with Crippen molar-refractivity contribution in [1.82, 2.24) is 0 Å². The summed E-state index contributed by atoms with van der Waals surface area (Å²) >= 11 is 12.0. The van der Waals surface area contributed by atoms with Gasteiger partial charge in [0.15, 0.2) is 0 Å². The van der Waals surface area contributed by atoms with Gasteiger partial charge in [0, 0.05) is 35.6 Å². The van der Waals surface area contributed by atoms with Gasteiger partial charge in [0.2, 0.25) is 8.32 Å². The van der Waals surface area contributed by atoms with E-state index in [-0.39, 0.29) is 0 Å². The summed E-state index contributed by atoms with van der Waals surface area (Å²) in [5.74, 6) is 0.843. The fraction of sp³-hybridized carbons (Fsp3) is 0.440. The van der Waals surface area contributed by atoms with Crippen molar-refractivity contribution in [3.63, 3.8) is 0 Å². The van der Waals surface area contributed by atoms with Crippen LogP contribution in [-0.2, 0) is 11.0 Å². The highest BCUT2D eigenvalue weighted by Crippen LogP contribution is 2.47. The molecule has 31 heavy (non-hydrogen) atoms. The summed E-state index contributed by atoms with van der Waals surface area (Å²) in [5, 5.41) is 1.93. The number of methoxy groups -OCH3 is 1. The summed E-state index contributed by atoms with van der Waals surface area (Å²) < 4.78 is 14.8. The van der Waals surface area contributed by atoms with Crippen molar-refractivity contribution in [3.8, 4) is 16.2 Å². The number of hydrogen-bond donors (Lipinski definition) is 0. The Morgan fingerprint density at radius 2 is 1.61 bits per heavy atom. The van der Waals surface area contributed by atoms with Gasteiger partial charge in [0.25, 0.3) is 0 Å². The minimum absolute atomic E-state index is 0.535. The first-order chi connectivity index (χ1) is 14.6. The molecule has 0 spiro atoms. The molecule has 3 aromatic rings. The van der Waals surface area contributed by atoms with Crippen LogP contribution >= 0.6 is 38.9 Å². The highest BCUT2D eigenvalue weighted by Gasteiger charge is 2.45. The van der Waals surface area contributed by atoms with Crippen LogP contribution in [0.1, 0.15) is 47.1 Å². The van der Waals surface area contributed by atoms with Crippen molar-refractivity contribution in [3.05, 3.63) is 51.5 Å². The van der Waals surface area contributed by atoms with Gasteiger partial charge in [-0.3, -0.25) is 0 Å². The Morgan fingerprint density at radius 1 is 0.968 bits per heavy atom. The first kappa shape index (κ1) is 24.8. The summed E-state index contributed by atoms with van der Waals surface area (Å²) in [7, 11) is -0.301. The van der Waals surface area contributed by atoms with Crippen LogP contribution in [0.2, 0.25) is 21.6 Å². The van der Waals surface area contributed by atoms with Crippen LogP contribution < -0.4 is 4.74 Å². The molecule has 0 atom stereocenters. The van der Waals surface area contributed by atoms with Crippen molar-refractivity contribution in [2.45, 2.75) is 64.8 Å². The maximum absolute atomic E-state index is 7.02. The van der Waals surface area contributed by atoms with E-state index < -0.39 is 8.32 Å². The van der Waals surface area contributed by atoms with Gasteiger partial charge < -0.3 is 9.16 Å². The normalized spacial score (nSPS) is 12.5. The summed E-state index contributed by atoms with van der Waals surface area (Å²) in [6.07, 6.45) is 0. The smallest absolute Gasteiger partial charge is 0.200 e. The van der Waals surface area contributed by atoms with Gasteiger partial charge in [-0.2, -0.15) is 0 Å². The summed E-state index contributed by atoms with van der Waals surface area (Å²) in [4.78, 5) is 1.21. The molecule has 1 aromatic heterocycles. The molecule has 6 heteroatoms. The largest absolute Gasteiger partial charge is 0.497 e. The van der Waals surface area contributed by atoms with Crippen LogP contribution in [0.5, 0.6) is 5.75 Å². The van der Waals surface area contributed by atoms with Crippen LogP contribution in [0.4, 0.5) is 0 Å². The Balaban J connectivity index is 2.17. The monoisotopic (exact) mass is 538 g/mol. The molecule has 0 saturated heterocycles. The molecule has 0 fully saturated rings. The third-order valence-electron chi connectivity index (χ3n) is 6.34. The molecule has 0 N–H and O–H groups in total. The van der Waals surface area contributed by atoms with Crippen molar-refractivity contribution < 1.29 is 9.16 Å². The molecule has 0 bridgehead atoms. The van der Waals surface area contributed by atoms with Crippen LogP contribution in [0.25, 0.3) is 20.5 Å². The zero-order chi connectivity index (χ0) is 22.9. The van der Waals surface area contributed by atoms with Gasteiger partial charge in [-0.1, -0.05) is 69.1 Å². The van der Waals surface area contributed by atoms with Crippen molar-refractivity contribution in [2.24, 2.45) is 0 Å². The van der Waals surface area contributed by atoms with E-state index in [1.165, 1.54) is 20.5 Å². The maximum Gasteiger partial charge on any atom is 0.200 e. The second kappa shape index (κ2) is 9.96. The van der Waals surface area contributed by atoms with Gasteiger partial charge in [0.1, 0.15) is 5.75 Å². The Morgan fingerprint density at radius 3 is 2.19 bits per heavy atom. The van der Waals surface area contributed by atoms with Crippen LogP contribution in [-0.4, -0.2) is 15.4 Å². The van der Waals surface area contributed by atoms with Crippen molar-refractivity contribution in [2.75, 3.05) is 7.11 Å². The third-order valence-corrected chi connectivity index (χ3v) is 14.6. The minimum Gasteiger partial charge on any atom is -0.497 e. The number of rotatable bonds is 8. The Kier molecular flexibility index (Phi) is 7.96. The second-order valence-corrected chi connectivity index (χ2v) is 16.8. The molecule has 0 aliphatic carbocycles. The number of benzene rings is 2. The number of thiophene rings is 1. The standard InChI is InChI=1S/C25H32BrClO2SSi/c1-15(2)31(16(3)4,17(5)6)29-14-22-20-12-18(27)8-11-24(20)30-25(22)21-13-19(28-7)9-10-23(21)26/h8-13,15-17H,14H2,1-7H3. The van der Waals surface area contributed by atoms with Crippen molar-refractivity contribution in [1.29, 1.82) is 0 Å². The molecule has 0 aliphatic heterocycles. The molecule has 1 heterocycles. The lowest BCUT2D eigenvalue weighted by Gasteiger charge is -2.42. The van der Waals surface area contributed by atoms with E-state index in [1.54, 1.807) is 18.4 Å². The van der Waals surface area contributed by atoms with E-state index in [4.69, 9.17) is 20.8 Å². The van der Waals surface area contributed by atoms with E-state index in [9.17, 15) is 0 Å². The molecule has 168 valence electrons. The van der Waals surface area contributed by atoms with E-state index in [1.807, 2.05) is 18.2 Å². The third kappa shape index (κ3) is 4.76. The van der Waals surface area contributed by atoms with Gasteiger partial charge >= 0.3 is 0 Å². The topological polar surface area (TPSA) is 18.5 Å². The highest BCUT2D eigenvalue weighted by molar-refractivity contribution is 9.10. The second-order valence-electron chi connectivity index (χ2n) is 9.00. The molecule has 0 aliphatic rings. The Bertz CT molecular complexity index is 1040. The van der Waals surface area contributed by atoms with Crippen LogP contribution in [0.3, 0.4) is 0 Å². The van der Waals surface area contributed by atoms with E-state index in [0.29, 0.717) is 23.2 Å². The Hall–Kier alpha value is -0.853. The molecule has 0 radical (unpaired) electrons. The maximum atomic E-state index is 7.02. The average Bonchev–Trinajstić information content (AvgIpc) is 3.05. The van der Waals surface area contributed by atoms with Gasteiger partial charge in [-0.25, -0.2) is 0 Å². The Labute approximate surface area is 205 Å². The quantitative estimate of drug-likeness (QED) is 0.265. The minimum atomic E-state index is -2.00. The summed E-state index contributed by atoms with van der Waals surface area (Å²) in [6.45, 7) is 14.6. The number of fused-ring (bicyclic) bond motifs is 1. The predicted octanol–water partition coefficient (Wildman–Crippen LogP) is 9.68. The number of ether oxygens (including phenoxy) is 1. The molecule has 0 amide bonds. The zero-order valence-electron chi connectivity index (χ0n) is 19.4. The van der Waals surface area contributed by atoms with E-state index in [2.05, 4.69) is 75.7 Å². The molecule has 0 saturated carbocycles. The molecular weight excluding hydrogens is 508 g/mol. The van der Waals surface area contributed by atoms with E-state index >= 15 is 0 Å². The SMILES string of the molecule is COc1ccc(Br)c(-c2sc3ccc(Cl)cc3c2CO[Si](C(C)C)(C(C)C)C(C)C)c1. The van der Waals surface area contributed by atoms with Crippen molar-refractivity contribution >= 4 is 57.3 Å². The fourth-order valence-corrected chi connectivity index (χ4v) is 12.3. The number of halogens is 2. The predicted molar refractivity (Wildman–Crippen MR) is 142 cm³/mol. The van der Waals surface area contributed by atoms with Gasteiger partial charge in [-0.05, 0) is 53.0 Å².